The number of fused-ring (bicyclic) bond motifs is 1. The van der Waals surface area contributed by atoms with Crippen LogP contribution >= 0.6 is 23.2 Å². The summed E-state index contributed by atoms with van der Waals surface area (Å²) < 4.78 is 16.3. The number of hydrogen-bond donors (Lipinski definition) is 1. The van der Waals surface area contributed by atoms with Crippen LogP contribution in [0.15, 0.2) is 54.0 Å². The molecule has 1 amide bonds. The number of pyridine rings is 2. The minimum atomic E-state index is -1.06. The number of likely N-dealkylation sites (tertiary alicyclic amines) is 1. The summed E-state index contributed by atoms with van der Waals surface area (Å²) in [6, 6.07) is 7.83. The highest BCUT2D eigenvalue weighted by Crippen LogP contribution is 2.42. The van der Waals surface area contributed by atoms with E-state index in [0.29, 0.717) is 11.2 Å². The molecule has 2 aromatic heterocycles. The maximum atomic E-state index is 14.8. The number of anilines is 1. The number of amides is 1. The Morgan fingerprint density at radius 2 is 2.00 bits per heavy atom. The first kappa shape index (κ1) is 20.4. The predicted octanol–water partition coefficient (Wildman–Crippen LogP) is 3.72. The molecule has 0 bridgehead atoms. The van der Waals surface area contributed by atoms with Gasteiger partial charge in [-0.3, -0.25) is 9.59 Å². The van der Waals surface area contributed by atoms with Gasteiger partial charge in [-0.25, -0.2) is 9.37 Å². The Morgan fingerprint density at radius 1 is 1.27 bits per heavy atom. The summed E-state index contributed by atoms with van der Waals surface area (Å²) in [6.07, 6.45) is 2.85. The van der Waals surface area contributed by atoms with Crippen LogP contribution in [0.3, 0.4) is 0 Å². The highest BCUT2D eigenvalue weighted by Gasteiger charge is 2.49. The molecule has 1 N–H and O–H groups in total. The molecule has 0 atom stereocenters. The second kappa shape index (κ2) is 7.41. The zero-order valence-electron chi connectivity index (χ0n) is 16.0. The average molecular weight is 447 g/mol. The SMILES string of the molecule is C=CC(=O)N1CC(Nc2ccc3ccn(C)c(=O)c3n2)(c2c(F)ccc(Cl)c2Cl)C1. The molecule has 30 heavy (non-hydrogen) atoms. The van der Waals surface area contributed by atoms with Crippen molar-refractivity contribution < 1.29 is 9.18 Å². The number of aryl methyl sites for hydroxylation is 1. The van der Waals surface area contributed by atoms with E-state index in [1.165, 1.54) is 27.7 Å². The monoisotopic (exact) mass is 446 g/mol. The summed E-state index contributed by atoms with van der Waals surface area (Å²) in [4.78, 5) is 30.4. The number of rotatable bonds is 4. The lowest BCUT2D eigenvalue weighted by molar-refractivity contribution is -0.132. The zero-order valence-corrected chi connectivity index (χ0v) is 17.5. The van der Waals surface area contributed by atoms with Crippen LogP contribution in [0.2, 0.25) is 10.0 Å². The van der Waals surface area contributed by atoms with Crippen molar-refractivity contribution in [2.45, 2.75) is 5.54 Å². The van der Waals surface area contributed by atoms with Crippen LogP contribution in [-0.2, 0) is 17.4 Å². The van der Waals surface area contributed by atoms with Crippen molar-refractivity contribution in [2.24, 2.45) is 7.05 Å². The van der Waals surface area contributed by atoms with E-state index >= 15 is 0 Å². The Bertz CT molecular complexity index is 1250. The van der Waals surface area contributed by atoms with Gasteiger partial charge in [-0.15, -0.1) is 0 Å². The van der Waals surface area contributed by atoms with Gasteiger partial charge in [0.05, 0.1) is 23.1 Å². The summed E-state index contributed by atoms with van der Waals surface area (Å²) in [6.45, 7) is 3.74. The van der Waals surface area contributed by atoms with Crippen molar-refractivity contribution in [1.82, 2.24) is 14.5 Å². The second-order valence-corrected chi connectivity index (χ2v) is 7.98. The summed E-state index contributed by atoms with van der Waals surface area (Å²) in [5, 5.41) is 4.14. The Labute approximate surface area is 181 Å². The van der Waals surface area contributed by atoms with Gasteiger partial charge >= 0.3 is 0 Å². The molecule has 0 saturated carbocycles. The van der Waals surface area contributed by atoms with Crippen LogP contribution in [0.4, 0.5) is 10.2 Å². The van der Waals surface area contributed by atoms with Gasteiger partial charge in [0.1, 0.15) is 22.7 Å². The summed E-state index contributed by atoms with van der Waals surface area (Å²) in [7, 11) is 1.64. The molecule has 6 nitrogen and oxygen atoms in total. The van der Waals surface area contributed by atoms with E-state index < -0.39 is 11.4 Å². The van der Waals surface area contributed by atoms with E-state index in [-0.39, 0.29) is 45.7 Å². The van der Waals surface area contributed by atoms with Gasteiger partial charge in [0.2, 0.25) is 5.91 Å². The van der Waals surface area contributed by atoms with Gasteiger partial charge in [0, 0.05) is 24.2 Å². The van der Waals surface area contributed by atoms with E-state index in [9.17, 15) is 14.0 Å². The molecule has 0 unspecified atom stereocenters. The fourth-order valence-electron chi connectivity index (χ4n) is 3.67. The molecule has 9 heteroatoms. The quantitative estimate of drug-likeness (QED) is 0.489. The number of halogens is 3. The lowest BCUT2D eigenvalue weighted by Gasteiger charge is -2.51. The third-order valence-corrected chi connectivity index (χ3v) is 6.03. The molecule has 3 heterocycles. The normalized spacial score (nSPS) is 15.0. The van der Waals surface area contributed by atoms with Crippen LogP contribution in [-0.4, -0.2) is 33.4 Å². The number of nitrogens with zero attached hydrogens (tertiary/aromatic N) is 3. The Balaban J connectivity index is 1.81. The van der Waals surface area contributed by atoms with Crippen LogP contribution in [0.25, 0.3) is 10.9 Å². The van der Waals surface area contributed by atoms with Crippen molar-refractivity contribution in [3.63, 3.8) is 0 Å². The molecule has 4 rings (SSSR count). The Hall–Kier alpha value is -2.90. The first-order chi connectivity index (χ1) is 14.3. The molecule has 154 valence electrons. The van der Waals surface area contributed by atoms with Crippen LogP contribution in [0.1, 0.15) is 5.56 Å². The van der Waals surface area contributed by atoms with Gasteiger partial charge in [0.25, 0.3) is 5.56 Å². The van der Waals surface area contributed by atoms with Crippen LogP contribution in [0.5, 0.6) is 0 Å². The summed E-state index contributed by atoms with van der Waals surface area (Å²) in [5.74, 6) is -0.488. The molecule has 0 aliphatic carbocycles. The lowest BCUT2D eigenvalue weighted by Crippen LogP contribution is -2.65. The van der Waals surface area contributed by atoms with E-state index in [4.69, 9.17) is 23.2 Å². The molecular formula is C21H17Cl2FN4O2. The molecule has 1 fully saturated rings. The lowest BCUT2D eigenvalue weighted by atomic mass is 9.81. The summed E-state index contributed by atoms with van der Waals surface area (Å²) >= 11 is 12.5. The number of aromatic nitrogens is 2. The maximum absolute atomic E-state index is 14.8. The van der Waals surface area contributed by atoms with E-state index in [0.717, 1.165) is 0 Å². The number of carbonyl (C=O) groups excluding carboxylic acids is 1. The Morgan fingerprint density at radius 3 is 2.70 bits per heavy atom. The number of benzene rings is 1. The van der Waals surface area contributed by atoms with Gasteiger partial charge in [-0.2, -0.15) is 0 Å². The molecule has 3 aromatic rings. The second-order valence-electron chi connectivity index (χ2n) is 7.19. The third kappa shape index (κ3) is 3.24. The van der Waals surface area contributed by atoms with Gasteiger partial charge in [0.15, 0.2) is 0 Å². The van der Waals surface area contributed by atoms with Crippen molar-refractivity contribution in [3.8, 4) is 0 Å². The minimum Gasteiger partial charge on any atom is -0.357 e. The predicted molar refractivity (Wildman–Crippen MR) is 115 cm³/mol. The highest BCUT2D eigenvalue weighted by molar-refractivity contribution is 6.42. The molecule has 1 aromatic carbocycles. The van der Waals surface area contributed by atoms with E-state index in [1.807, 2.05) is 0 Å². The molecule has 1 aliphatic heterocycles. The van der Waals surface area contributed by atoms with E-state index in [2.05, 4.69) is 16.9 Å². The van der Waals surface area contributed by atoms with Crippen molar-refractivity contribution in [1.29, 1.82) is 0 Å². The smallest absolute Gasteiger partial charge is 0.276 e. The molecule has 0 radical (unpaired) electrons. The van der Waals surface area contributed by atoms with Gasteiger partial charge < -0.3 is 14.8 Å². The average Bonchev–Trinajstić information content (AvgIpc) is 2.71. The van der Waals surface area contributed by atoms with Gasteiger partial charge in [-0.05, 0) is 36.4 Å². The number of nitrogens with one attached hydrogen (secondary N) is 1. The fourth-order valence-corrected chi connectivity index (χ4v) is 4.16. The third-order valence-electron chi connectivity index (χ3n) is 5.22. The zero-order chi connectivity index (χ0) is 21.6. The van der Waals surface area contributed by atoms with E-state index in [1.54, 1.807) is 31.4 Å². The Kier molecular flexibility index (Phi) is 5.03. The standard InChI is InChI=1S/C21H17Cl2FN4O2/c1-3-16(29)28-10-21(11-28,17-14(24)6-5-13(22)18(17)23)26-15-7-4-12-8-9-27(2)20(30)19(12)25-15/h3-9H,1,10-11H2,2H3,(H,25,26). The number of carbonyl (C=O) groups is 1. The van der Waals surface area contributed by atoms with Gasteiger partial charge in [-0.1, -0.05) is 29.8 Å². The topological polar surface area (TPSA) is 67.2 Å². The molecular weight excluding hydrogens is 430 g/mol. The van der Waals surface area contributed by atoms with Crippen molar-refractivity contribution in [3.05, 3.63) is 81.0 Å². The number of hydrogen-bond acceptors (Lipinski definition) is 4. The highest BCUT2D eigenvalue weighted by atomic mass is 35.5. The van der Waals surface area contributed by atoms with Crippen molar-refractivity contribution >= 4 is 45.8 Å². The first-order valence-corrected chi connectivity index (χ1v) is 9.81. The largest absolute Gasteiger partial charge is 0.357 e. The maximum Gasteiger partial charge on any atom is 0.276 e. The summed E-state index contributed by atoms with van der Waals surface area (Å²) in [5.41, 5.74) is -0.899. The van der Waals surface area contributed by atoms with Crippen LogP contribution < -0.4 is 10.9 Å². The van der Waals surface area contributed by atoms with Crippen LogP contribution in [0, 0.1) is 5.82 Å². The fraction of sp³-hybridized carbons (Fsp3) is 0.190. The minimum absolute atomic E-state index is 0.0616. The first-order valence-electron chi connectivity index (χ1n) is 9.05. The molecule has 0 spiro atoms. The molecule has 1 aliphatic rings. The molecule has 1 saturated heterocycles. The van der Waals surface area contributed by atoms with Crippen molar-refractivity contribution in [2.75, 3.05) is 18.4 Å².